The van der Waals surface area contributed by atoms with Crippen molar-refractivity contribution in [2.24, 2.45) is 0 Å². The predicted molar refractivity (Wildman–Crippen MR) is 104 cm³/mol. The van der Waals surface area contributed by atoms with E-state index in [9.17, 15) is 0 Å². The van der Waals surface area contributed by atoms with Gasteiger partial charge in [0, 0.05) is 16.6 Å². The minimum atomic E-state index is 0.610. The van der Waals surface area contributed by atoms with Crippen molar-refractivity contribution in [3.8, 4) is 11.4 Å². The molecule has 0 bridgehead atoms. The summed E-state index contributed by atoms with van der Waals surface area (Å²) in [5.41, 5.74) is 3.90. The molecule has 1 heterocycles. The molecule has 0 aliphatic carbocycles. The fourth-order valence-electron chi connectivity index (χ4n) is 2.71. The average Bonchev–Trinajstić information content (AvgIpc) is 2.64. The normalized spacial score (nSPS) is 10.8. The van der Waals surface area contributed by atoms with Crippen LogP contribution in [0.3, 0.4) is 0 Å². The number of nitrogens with zero attached hydrogens (tertiary/aromatic N) is 2. The molecule has 0 saturated carbocycles. The van der Waals surface area contributed by atoms with Crippen LogP contribution in [0.4, 0.5) is 11.5 Å². The van der Waals surface area contributed by atoms with Crippen LogP contribution in [0.15, 0.2) is 72.8 Å². The molecule has 4 heteroatoms. The molecule has 122 valence electrons. The third-order valence-corrected chi connectivity index (χ3v) is 4.36. The number of rotatable bonds is 3. The maximum absolute atomic E-state index is 6.34. The van der Waals surface area contributed by atoms with Crippen molar-refractivity contribution in [3.05, 3.63) is 83.4 Å². The van der Waals surface area contributed by atoms with Crippen LogP contribution < -0.4 is 5.32 Å². The van der Waals surface area contributed by atoms with Gasteiger partial charge in [0.15, 0.2) is 5.82 Å². The molecular weight excluding hydrogens is 330 g/mol. The monoisotopic (exact) mass is 345 g/mol. The van der Waals surface area contributed by atoms with Crippen molar-refractivity contribution in [2.75, 3.05) is 5.32 Å². The minimum Gasteiger partial charge on any atom is -0.340 e. The van der Waals surface area contributed by atoms with Gasteiger partial charge in [0.05, 0.1) is 10.5 Å². The summed E-state index contributed by atoms with van der Waals surface area (Å²) in [6.07, 6.45) is 0. The van der Waals surface area contributed by atoms with Crippen LogP contribution in [0.5, 0.6) is 0 Å². The van der Waals surface area contributed by atoms with Crippen LogP contribution in [-0.4, -0.2) is 9.97 Å². The molecule has 4 rings (SSSR count). The van der Waals surface area contributed by atoms with E-state index in [1.807, 2.05) is 60.7 Å². The Balaban J connectivity index is 1.87. The molecule has 0 fully saturated rings. The third kappa shape index (κ3) is 3.19. The van der Waals surface area contributed by atoms with Crippen LogP contribution in [-0.2, 0) is 0 Å². The molecular formula is C21H16ClN3. The van der Waals surface area contributed by atoms with Gasteiger partial charge in [-0.2, -0.15) is 0 Å². The molecule has 25 heavy (non-hydrogen) atoms. The molecule has 3 aromatic carbocycles. The topological polar surface area (TPSA) is 37.8 Å². The highest BCUT2D eigenvalue weighted by molar-refractivity contribution is 6.33. The van der Waals surface area contributed by atoms with Crippen molar-refractivity contribution in [2.45, 2.75) is 6.92 Å². The first-order valence-corrected chi connectivity index (χ1v) is 8.44. The van der Waals surface area contributed by atoms with E-state index < -0.39 is 0 Å². The Morgan fingerprint density at radius 2 is 1.52 bits per heavy atom. The van der Waals surface area contributed by atoms with Gasteiger partial charge < -0.3 is 5.32 Å². The quantitative estimate of drug-likeness (QED) is 0.494. The van der Waals surface area contributed by atoms with Crippen molar-refractivity contribution in [1.29, 1.82) is 0 Å². The Bertz CT molecular complexity index is 1040. The Labute approximate surface area is 151 Å². The molecule has 0 atom stereocenters. The van der Waals surface area contributed by atoms with E-state index in [0.717, 1.165) is 28.0 Å². The van der Waals surface area contributed by atoms with Gasteiger partial charge in [-0.15, -0.1) is 0 Å². The summed E-state index contributed by atoms with van der Waals surface area (Å²) in [5, 5.41) is 5.02. The molecule has 0 aliphatic rings. The number of para-hydroxylation sites is 1. The van der Waals surface area contributed by atoms with Crippen LogP contribution in [0.25, 0.3) is 22.3 Å². The van der Waals surface area contributed by atoms with Crippen LogP contribution in [0.2, 0.25) is 5.02 Å². The lowest BCUT2D eigenvalue weighted by Gasteiger charge is -2.12. The number of fused-ring (bicyclic) bond motifs is 1. The molecule has 0 aliphatic heterocycles. The van der Waals surface area contributed by atoms with Crippen LogP contribution >= 0.6 is 11.6 Å². The summed E-state index contributed by atoms with van der Waals surface area (Å²) in [6, 6.07) is 23.8. The van der Waals surface area contributed by atoms with Gasteiger partial charge in [-0.1, -0.05) is 53.6 Å². The van der Waals surface area contributed by atoms with Crippen molar-refractivity contribution < 1.29 is 0 Å². The predicted octanol–water partition coefficient (Wildman–Crippen LogP) is 6.00. The maximum atomic E-state index is 6.34. The van der Waals surface area contributed by atoms with Crippen LogP contribution in [0, 0.1) is 6.92 Å². The number of halogens is 1. The molecule has 0 radical (unpaired) electrons. The number of aromatic nitrogens is 2. The smallest absolute Gasteiger partial charge is 0.163 e. The maximum Gasteiger partial charge on any atom is 0.163 e. The second-order valence-corrected chi connectivity index (χ2v) is 6.29. The van der Waals surface area contributed by atoms with Gasteiger partial charge in [-0.05, 0) is 43.3 Å². The highest BCUT2D eigenvalue weighted by Crippen LogP contribution is 2.30. The zero-order chi connectivity index (χ0) is 17.2. The molecule has 3 nitrogen and oxygen atoms in total. The summed E-state index contributed by atoms with van der Waals surface area (Å²) < 4.78 is 0. The van der Waals surface area contributed by atoms with E-state index in [-0.39, 0.29) is 0 Å². The van der Waals surface area contributed by atoms with Gasteiger partial charge in [0.1, 0.15) is 5.82 Å². The zero-order valence-electron chi connectivity index (χ0n) is 13.7. The van der Waals surface area contributed by atoms with Gasteiger partial charge in [-0.3, -0.25) is 0 Å². The number of hydrogen-bond acceptors (Lipinski definition) is 3. The Morgan fingerprint density at radius 1 is 0.800 bits per heavy atom. The molecule has 0 spiro atoms. The first-order valence-electron chi connectivity index (χ1n) is 8.06. The van der Waals surface area contributed by atoms with Gasteiger partial charge >= 0.3 is 0 Å². The zero-order valence-corrected chi connectivity index (χ0v) is 14.5. The first-order chi connectivity index (χ1) is 12.2. The van der Waals surface area contributed by atoms with E-state index in [1.165, 1.54) is 5.56 Å². The highest BCUT2D eigenvalue weighted by atomic mass is 35.5. The summed E-state index contributed by atoms with van der Waals surface area (Å²) in [7, 11) is 0. The molecule has 0 unspecified atom stereocenters. The second kappa shape index (κ2) is 6.54. The SMILES string of the molecule is Cc1ccc(Nc2nc(-c3ccccc3Cl)nc3ccccc23)cc1. The summed E-state index contributed by atoms with van der Waals surface area (Å²) >= 11 is 6.34. The Hall–Kier alpha value is -2.91. The minimum absolute atomic E-state index is 0.610. The summed E-state index contributed by atoms with van der Waals surface area (Å²) in [5.74, 6) is 1.38. The Kier molecular flexibility index (Phi) is 4.08. The first kappa shape index (κ1) is 15.6. The van der Waals surface area contributed by atoms with E-state index in [4.69, 9.17) is 16.6 Å². The average molecular weight is 346 g/mol. The fraction of sp³-hybridized carbons (Fsp3) is 0.0476. The van der Waals surface area contributed by atoms with Gasteiger partial charge in [-0.25, -0.2) is 9.97 Å². The van der Waals surface area contributed by atoms with Gasteiger partial charge in [0.2, 0.25) is 0 Å². The molecule has 0 amide bonds. The second-order valence-electron chi connectivity index (χ2n) is 5.88. The molecule has 1 aromatic heterocycles. The number of anilines is 2. The molecule has 1 N–H and O–H groups in total. The van der Waals surface area contributed by atoms with E-state index in [2.05, 4.69) is 29.4 Å². The van der Waals surface area contributed by atoms with Crippen LogP contribution in [0.1, 0.15) is 5.56 Å². The lowest BCUT2D eigenvalue weighted by atomic mass is 10.1. The number of hydrogen-bond donors (Lipinski definition) is 1. The lowest BCUT2D eigenvalue weighted by molar-refractivity contribution is 1.22. The third-order valence-electron chi connectivity index (χ3n) is 4.03. The van der Waals surface area contributed by atoms with E-state index in [0.29, 0.717) is 10.8 Å². The van der Waals surface area contributed by atoms with Crippen molar-refractivity contribution in [1.82, 2.24) is 9.97 Å². The van der Waals surface area contributed by atoms with Crippen molar-refractivity contribution in [3.63, 3.8) is 0 Å². The highest BCUT2D eigenvalue weighted by Gasteiger charge is 2.11. The van der Waals surface area contributed by atoms with E-state index in [1.54, 1.807) is 0 Å². The van der Waals surface area contributed by atoms with E-state index >= 15 is 0 Å². The lowest BCUT2D eigenvalue weighted by Crippen LogP contribution is -1.99. The largest absolute Gasteiger partial charge is 0.340 e. The van der Waals surface area contributed by atoms with Crippen molar-refractivity contribution >= 4 is 34.0 Å². The fourth-order valence-corrected chi connectivity index (χ4v) is 2.93. The Morgan fingerprint density at radius 3 is 2.32 bits per heavy atom. The number of aryl methyl sites for hydroxylation is 1. The molecule has 4 aromatic rings. The number of nitrogens with one attached hydrogen (secondary N) is 1. The van der Waals surface area contributed by atoms with Gasteiger partial charge in [0.25, 0.3) is 0 Å². The summed E-state index contributed by atoms with van der Waals surface area (Å²) in [6.45, 7) is 2.07. The molecule has 0 saturated heterocycles. The number of benzene rings is 3. The summed E-state index contributed by atoms with van der Waals surface area (Å²) in [4.78, 5) is 9.43. The standard InChI is InChI=1S/C21H16ClN3/c1-14-10-12-15(13-11-14)23-21-17-7-3-5-9-19(17)24-20(25-21)16-6-2-4-8-18(16)22/h2-13H,1H3,(H,23,24,25).